The number of anilines is 1. The van der Waals surface area contributed by atoms with Gasteiger partial charge in [-0.15, -0.1) is 0 Å². The maximum Gasteiger partial charge on any atom is 1.00 e. The van der Waals surface area contributed by atoms with Crippen molar-refractivity contribution >= 4 is 62.9 Å². The second-order valence-electron chi connectivity index (χ2n) is 6.19. The molecule has 25 heteroatoms. The van der Waals surface area contributed by atoms with Crippen LogP contribution in [-0.4, -0.2) is 49.7 Å². The maximum atomic E-state index is 11.6. The van der Waals surface area contributed by atoms with E-state index in [2.05, 4.69) is 23.1 Å². The Labute approximate surface area is 305 Å². The molecule has 3 heterocycles. The van der Waals surface area contributed by atoms with Gasteiger partial charge in [0.05, 0.1) is 19.8 Å². The number of phosphoric ester groups is 1. The average molecular weight is 720 g/mol. The molecule has 2 aromatic heterocycles. The monoisotopic (exact) mass is 720 g/mol. The number of ether oxygens (including phenoxy) is 1. The summed E-state index contributed by atoms with van der Waals surface area (Å²) < 4.78 is 51.2. The molecule has 180 valence electrons. The molecule has 0 aliphatic carbocycles. The topological polar surface area (TPSA) is 278 Å². The molecule has 0 bridgehead atoms. The van der Waals surface area contributed by atoms with Crippen molar-refractivity contribution in [3.05, 3.63) is 16.1 Å². The fraction of sp³-hybridized carbons (Fsp3) is 0.455. The fourth-order valence-corrected chi connectivity index (χ4v) is 6.48. The number of aliphatic hydroxyl groups is 2. The molecule has 2 unspecified atom stereocenters. The first-order valence-corrected chi connectivity index (χ1v) is 13.6. The third-order valence-electron chi connectivity index (χ3n) is 4.00. The van der Waals surface area contributed by atoms with Gasteiger partial charge in [0.2, 0.25) is 0 Å². The van der Waals surface area contributed by atoms with E-state index in [1.807, 2.05) is 22.6 Å². The molecule has 1 aliphatic rings. The predicted octanol–water partition coefficient (Wildman–Crippen LogP) is -14.9. The first-order chi connectivity index (χ1) is 14.6. The zero-order valence-electron chi connectivity index (χ0n) is 19.2. The molecule has 1 aliphatic heterocycles. The molecular weight excluding hydrogens is 708 g/mol. The summed E-state index contributed by atoms with van der Waals surface area (Å²) in [5.41, 5.74) is 6.04. The molecule has 1 saturated heterocycles. The van der Waals surface area contributed by atoms with Gasteiger partial charge in [-0.25, -0.2) is 14.3 Å². The standard InChI is InChI=1S/C11H16IN4O13P3.4Na/c12-4-1-16(10-6(4)9(13)14-3-15-10)11-8(18)7(17)5(27-11)2-26-31(22,23)29-32(24,25)28-30(19,20)21;;;;/h1,3,5,7-8,11,17-18H,2H2,(H,22,23)(H,24,25)(H2,13,14,15)(H2,19,20,21);;;;/q;4*+1/p-4/t5-,7-,8-,11-;;;;/m1..../s1. The summed E-state index contributed by atoms with van der Waals surface area (Å²) in [7, 11) is -18.1. The number of hydrogen-bond donors (Lipinski definition) is 3. The van der Waals surface area contributed by atoms with Gasteiger partial charge in [0.1, 0.15) is 36.1 Å². The normalized spacial score (nSPS) is 24.9. The number of halogens is 1. The summed E-state index contributed by atoms with van der Waals surface area (Å²) in [5, 5.41) is 21.0. The van der Waals surface area contributed by atoms with Crippen molar-refractivity contribution in [1.29, 1.82) is 0 Å². The Morgan fingerprint density at radius 1 is 1.03 bits per heavy atom. The van der Waals surface area contributed by atoms with Crippen molar-refractivity contribution in [2.24, 2.45) is 0 Å². The van der Waals surface area contributed by atoms with E-state index in [9.17, 15) is 43.5 Å². The van der Waals surface area contributed by atoms with Gasteiger partial charge in [-0.05, 0) is 22.6 Å². The van der Waals surface area contributed by atoms with Gasteiger partial charge in [0, 0.05) is 9.77 Å². The molecular formula is C11H12IN4Na4O13P3. The van der Waals surface area contributed by atoms with Crippen LogP contribution >= 0.6 is 46.1 Å². The van der Waals surface area contributed by atoms with Crippen LogP contribution in [0.1, 0.15) is 6.23 Å². The number of hydrogen-bond acceptors (Lipinski definition) is 16. The van der Waals surface area contributed by atoms with Gasteiger partial charge in [0.25, 0.3) is 15.6 Å². The minimum Gasteiger partial charge on any atom is -0.790 e. The van der Waals surface area contributed by atoms with Gasteiger partial charge >= 0.3 is 118 Å². The Balaban J connectivity index is 0. The largest absolute Gasteiger partial charge is 1.00 e. The minimum atomic E-state index is -6.14. The first-order valence-electron chi connectivity index (χ1n) is 8.10. The molecule has 0 saturated carbocycles. The van der Waals surface area contributed by atoms with Crippen LogP contribution in [0.3, 0.4) is 0 Å². The van der Waals surface area contributed by atoms with E-state index in [-0.39, 0.29) is 130 Å². The van der Waals surface area contributed by atoms with E-state index < -0.39 is 54.6 Å². The molecule has 17 nitrogen and oxygen atoms in total. The van der Waals surface area contributed by atoms with Gasteiger partial charge in [-0.2, -0.15) is 0 Å². The third kappa shape index (κ3) is 10.9. The Bertz CT molecular complexity index is 1170. The summed E-state index contributed by atoms with van der Waals surface area (Å²) in [6, 6.07) is 0. The molecule has 3 rings (SSSR count). The number of aliphatic hydroxyl groups excluding tert-OH is 2. The van der Waals surface area contributed by atoms with Crippen molar-refractivity contribution in [3.63, 3.8) is 0 Å². The third-order valence-corrected chi connectivity index (χ3v) is 8.48. The molecule has 36 heavy (non-hydrogen) atoms. The predicted molar refractivity (Wildman–Crippen MR) is 102 cm³/mol. The van der Waals surface area contributed by atoms with E-state index in [4.69, 9.17) is 10.5 Å². The second-order valence-corrected chi connectivity index (χ2v) is 11.6. The second kappa shape index (κ2) is 16.3. The molecule has 4 N–H and O–H groups in total. The number of phosphoric acid groups is 3. The number of nitrogens with two attached hydrogens (primary N) is 1. The Kier molecular flexibility index (Phi) is 18.9. The number of nitrogen functional groups attached to an aromatic ring is 1. The average Bonchev–Trinajstić information content (AvgIpc) is 3.09. The van der Waals surface area contributed by atoms with Crippen molar-refractivity contribution in [2.75, 3.05) is 12.3 Å². The number of rotatable bonds is 8. The molecule has 0 aromatic carbocycles. The van der Waals surface area contributed by atoms with Crippen LogP contribution in [0, 0.1) is 3.57 Å². The van der Waals surface area contributed by atoms with E-state index in [0.29, 0.717) is 8.96 Å². The Morgan fingerprint density at radius 2 is 1.61 bits per heavy atom. The molecule has 0 radical (unpaired) electrons. The SMILES string of the molecule is Nc1ncnc2c1c(I)cn2[C@@H]1O[C@H](COP(=O)([O-])OP(=O)([O-])OP(=O)([O-])[O-])[C@@H](O)[C@H]1O.[Na+].[Na+].[Na+].[Na+]. The summed E-state index contributed by atoms with van der Waals surface area (Å²) in [6.45, 7) is -1.06. The number of nitrogens with zero attached hydrogens (tertiary/aromatic N) is 3. The van der Waals surface area contributed by atoms with Gasteiger partial charge in [-0.1, -0.05) is 0 Å². The molecule has 0 spiro atoms. The van der Waals surface area contributed by atoms with Crippen LogP contribution in [-0.2, 0) is 31.6 Å². The fourth-order valence-electron chi connectivity index (χ4n) is 2.80. The van der Waals surface area contributed by atoms with Crippen molar-refractivity contribution in [3.8, 4) is 0 Å². The Hall–Kier alpha value is 3.44. The van der Waals surface area contributed by atoms with Crippen molar-refractivity contribution in [1.82, 2.24) is 14.5 Å². The summed E-state index contributed by atoms with van der Waals surface area (Å²) in [5.74, 6) is 0.139. The van der Waals surface area contributed by atoms with Gasteiger partial charge < -0.3 is 53.9 Å². The van der Waals surface area contributed by atoms with Gasteiger partial charge in [-0.3, -0.25) is 13.4 Å². The van der Waals surface area contributed by atoms with Crippen LogP contribution < -0.4 is 144 Å². The Morgan fingerprint density at radius 3 is 2.17 bits per heavy atom. The van der Waals surface area contributed by atoms with E-state index in [1.165, 1.54) is 10.8 Å². The van der Waals surface area contributed by atoms with Crippen molar-refractivity contribution < 1.29 is 180 Å². The smallest absolute Gasteiger partial charge is 0.790 e. The minimum absolute atomic E-state index is 0. The quantitative estimate of drug-likeness (QED) is 0.130. The van der Waals surface area contributed by atoms with Crippen LogP contribution in [0.2, 0.25) is 0 Å². The van der Waals surface area contributed by atoms with E-state index in [1.54, 1.807) is 0 Å². The van der Waals surface area contributed by atoms with Crippen LogP contribution in [0.25, 0.3) is 11.0 Å². The molecule has 6 atom stereocenters. The summed E-state index contributed by atoms with van der Waals surface area (Å²) in [4.78, 5) is 51.4. The van der Waals surface area contributed by atoms with Gasteiger partial charge in [0.15, 0.2) is 6.23 Å². The number of fused-ring (bicyclic) bond motifs is 1. The van der Waals surface area contributed by atoms with Crippen LogP contribution in [0.15, 0.2) is 12.5 Å². The van der Waals surface area contributed by atoms with Crippen LogP contribution in [0.5, 0.6) is 0 Å². The van der Waals surface area contributed by atoms with E-state index >= 15 is 0 Å². The molecule has 2 aromatic rings. The summed E-state index contributed by atoms with van der Waals surface area (Å²) in [6.07, 6.45) is -3.50. The number of aromatic nitrogens is 3. The molecule has 0 amide bonds. The zero-order chi connectivity index (χ0) is 24.1. The van der Waals surface area contributed by atoms with E-state index in [0.717, 1.165) is 6.33 Å². The summed E-state index contributed by atoms with van der Waals surface area (Å²) >= 11 is 1.92. The zero-order valence-corrected chi connectivity index (χ0v) is 32.0. The van der Waals surface area contributed by atoms with Crippen LogP contribution in [0.4, 0.5) is 5.82 Å². The maximum absolute atomic E-state index is 11.6. The van der Waals surface area contributed by atoms with Crippen molar-refractivity contribution in [2.45, 2.75) is 24.5 Å². The molecule has 1 fully saturated rings. The first kappa shape index (κ1) is 41.6.